The summed E-state index contributed by atoms with van der Waals surface area (Å²) in [5.74, 6) is -0.0416. The first-order valence-corrected chi connectivity index (χ1v) is 10.2. The molecule has 1 N–H and O–H groups in total. The zero-order valence-corrected chi connectivity index (χ0v) is 15.9. The first-order valence-electron chi connectivity index (χ1n) is 7.36. The SMILES string of the molecule is CCn1c(SCC(F)F)nnc1[C@@H](C)NS(=O)(=O)c1ccc(Cl)cc1. The summed E-state index contributed by atoms with van der Waals surface area (Å²) < 4.78 is 53.7. The van der Waals surface area contributed by atoms with Crippen LogP contribution in [-0.4, -0.2) is 35.4 Å². The lowest BCUT2D eigenvalue weighted by Crippen LogP contribution is -2.29. The highest BCUT2D eigenvalue weighted by Crippen LogP contribution is 2.23. The monoisotopic (exact) mass is 410 g/mol. The average molecular weight is 411 g/mol. The van der Waals surface area contributed by atoms with Gasteiger partial charge >= 0.3 is 0 Å². The number of rotatable bonds is 8. The molecule has 0 unspecified atom stereocenters. The molecule has 0 bridgehead atoms. The average Bonchev–Trinajstić information content (AvgIpc) is 2.96. The van der Waals surface area contributed by atoms with E-state index in [2.05, 4.69) is 14.9 Å². The molecule has 0 amide bonds. The summed E-state index contributed by atoms with van der Waals surface area (Å²) in [4.78, 5) is 0.0682. The molecule has 1 aromatic heterocycles. The number of alkyl halides is 2. The molecule has 11 heteroatoms. The molecule has 0 aliphatic rings. The van der Waals surface area contributed by atoms with E-state index in [1.807, 2.05) is 0 Å². The topological polar surface area (TPSA) is 76.9 Å². The predicted octanol–water partition coefficient (Wildman–Crippen LogP) is 3.35. The number of halogens is 3. The van der Waals surface area contributed by atoms with E-state index in [1.54, 1.807) is 18.4 Å². The van der Waals surface area contributed by atoms with E-state index in [0.717, 1.165) is 11.8 Å². The number of sulfonamides is 1. The fourth-order valence-electron chi connectivity index (χ4n) is 2.13. The number of nitrogens with one attached hydrogen (secondary N) is 1. The van der Waals surface area contributed by atoms with E-state index in [4.69, 9.17) is 11.6 Å². The van der Waals surface area contributed by atoms with Gasteiger partial charge in [0, 0.05) is 11.6 Å². The van der Waals surface area contributed by atoms with Crippen LogP contribution < -0.4 is 4.72 Å². The molecule has 0 aliphatic heterocycles. The van der Waals surface area contributed by atoms with Crippen molar-refractivity contribution in [3.8, 4) is 0 Å². The van der Waals surface area contributed by atoms with E-state index in [-0.39, 0.29) is 4.90 Å². The van der Waals surface area contributed by atoms with Crippen LogP contribution in [0.5, 0.6) is 0 Å². The van der Waals surface area contributed by atoms with Crippen LogP contribution in [0.4, 0.5) is 8.78 Å². The summed E-state index contributed by atoms with van der Waals surface area (Å²) in [6.07, 6.45) is -2.46. The summed E-state index contributed by atoms with van der Waals surface area (Å²) in [6, 6.07) is 5.06. The molecule has 0 aliphatic carbocycles. The number of nitrogens with zero attached hydrogens (tertiary/aromatic N) is 3. The maximum Gasteiger partial charge on any atom is 0.248 e. The lowest BCUT2D eigenvalue weighted by molar-refractivity contribution is 0.176. The number of hydrogen-bond acceptors (Lipinski definition) is 5. The maximum atomic E-state index is 12.4. The molecule has 2 aromatic rings. The van der Waals surface area contributed by atoms with Crippen molar-refractivity contribution in [2.45, 2.75) is 42.9 Å². The smallest absolute Gasteiger partial charge is 0.248 e. The van der Waals surface area contributed by atoms with Crippen molar-refractivity contribution in [1.29, 1.82) is 0 Å². The molecule has 0 radical (unpaired) electrons. The van der Waals surface area contributed by atoms with Crippen LogP contribution >= 0.6 is 23.4 Å². The summed E-state index contributed by atoms with van der Waals surface area (Å²) in [5, 5.41) is 8.60. The molecule has 2 rings (SSSR count). The van der Waals surface area contributed by atoms with Gasteiger partial charge in [-0.25, -0.2) is 21.9 Å². The van der Waals surface area contributed by atoms with Crippen LogP contribution in [0, 0.1) is 0 Å². The number of aromatic nitrogens is 3. The molecule has 0 fully saturated rings. The van der Waals surface area contributed by atoms with Gasteiger partial charge in [-0.1, -0.05) is 23.4 Å². The van der Waals surface area contributed by atoms with Crippen LogP contribution in [0.1, 0.15) is 25.7 Å². The largest absolute Gasteiger partial charge is 0.305 e. The standard InChI is InChI=1S/C14H17ClF2N4O2S2/c1-3-21-13(18-19-14(21)24-8-12(16)17)9(2)20-25(22,23)11-6-4-10(15)5-7-11/h4-7,9,12,20H,3,8H2,1-2H3/t9-/m1/s1. The van der Waals surface area contributed by atoms with Crippen molar-refractivity contribution in [3.05, 3.63) is 35.1 Å². The van der Waals surface area contributed by atoms with Gasteiger partial charge < -0.3 is 4.57 Å². The fraction of sp³-hybridized carbons (Fsp3) is 0.429. The lowest BCUT2D eigenvalue weighted by atomic mass is 10.3. The number of thioether (sulfide) groups is 1. The quantitative estimate of drug-likeness (QED) is 0.675. The Hall–Kier alpha value is -1.23. The predicted molar refractivity (Wildman–Crippen MR) is 92.6 cm³/mol. The van der Waals surface area contributed by atoms with E-state index in [1.165, 1.54) is 24.3 Å². The number of hydrogen-bond donors (Lipinski definition) is 1. The third-order valence-electron chi connectivity index (χ3n) is 3.24. The van der Waals surface area contributed by atoms with Crippen LogP contribution in [0.15, 0.2) is 34.3 Å². The highest BCUT2D eigenvalue weighted by Gasteiger charge is 2.23. The molecular formula is C14H17ClF2N4O2S2. The third-order valence-corrected chi connectivity index (χ3v) is 6.03. The Balaban J connectivity index is 2.20. The molecular weight excluding hydrogens is 394 g/mol. The van der Waals surface area contributed by atoms with Gasteiger partial charge in [0.1, 0.15) is 0 Å². The van der Waals surface area contributed by atoms with Gasteiger partial charge in [0.2, 0.25) is 16.4 Å². The Bertz CT molecular complexity index is 813. The molecule has 1 aromatic carbocycles. The lowest BCUT2D eigenvalue weighted by Gasteiger charge is -2.15. The minimum atomic E-state index is -3.78. The van der Waals surface area contributed by atoms with Crippen LogP contribution in [0.3, 0.4) is 0 Å². The highest BCUT2D eigenvalue weighted by atomic mass is 35.5. The Morgan fingerprint density at radius 1 is 1.28 bits per heavy atom. The van der Waals surface area contributed by atoms with Crippen molar-refractivity contribution < 1.29 is 17.2 Å². The summed E-state index contributed by atoms with van der Waals surface area (Å²) in [5.41, 5.74) is 0. The molecule has 25 heavy (non-hydrogen) atoms. The first kappa shape index (κ1) is 20.1. The molecule has 0 saturated carbocycles. The second kappa shape index (κ2) is 8.43. The third kappa shape index (κ3) is 5.13. The van der Waals surface area contributed by atoms with Crippen LogP contribution in [-0.2, 0) is 16.6 Å². The molecule has 0 spiro atoms. The Labute approximate surface area is 154 Å². The highest BCUT2D eigenvalue weighted by molar-refractivity contribution is 7.99. The van der Waals surface area contributed by atoms with E-state index in [0.29, 0.717) is 22.5 Å². The van der Waals surface area contributed by atoms with Crippen molar-refractivity contribution in [3.63, 3.8) is 0 Å². The molecule has 0 saturated heterocycles. The van der Waals surface area contributed by atoms with E-state index >= 15 is 0 Å². The summed E-state index contributed by atoms with van der Waals surface area (Å²) >= 11 is 6.65. The van der Waals surface area contributed by atoms with Gasteiger partial charge in [0.25, 0.3) is 0 Å². The van der Waals surface area contributed by atoms with E-state index in [9.17, 15) is 17.2 Å². The second-order valence-electron chi connectivity index (χ2n) is 5.08. The normalized spacial score (nSPS) is 13.4. The summed E-state index contributed by atoms with van der Waals surface area (Å²) in [7, 11) is -3.78. The fourth-order valence-corrected chi connectivity index (χ4v) is 4.21. The van der Waals surface area contributed by atoms with Crippen molar-refractivity contribution >= 4 is 33.4 Å². The van der Waals surface area contributed by atoms with Crippen molar-refractivity contribution in [2.75, 3.05) is 5.75 Å². The van der Waals surface area contributed by atoms with Gasteiger partial charge in [0.05, 0.1) is 16.7 Å². The Morgan fingerprint density at radius 3 is 2.48 bits per heavy atom. The van der Waals surface area contributed by atoms with Gasteiger partial charge in [-0.2, -0.15) is 0 Å². The molecule has 1 atom stereocenters. The maximum absolute atomic E-state index is 12.4. The second-order valence-corrected chi connectivity index (χ2v) is 8.22. The van der Waals surface area contributed by atoms with E-state index < -0.39 is 28.2 Å². The van der Waals surface area contributed by atoms with Gasteiger partial charge in [0.15, 0.2) is 11.0 Å². The Kier molecular flexibility index (Phi) is 6.78. The molecule has 138 valence electrons. The minimum Gasteiger partial charge on any atom is -0.305 e. The summed E-state index contributed by atoms with van der Waals surface area (Å²) in [6.45, 7) is 3.85. The zero-order valence-electron chi connectivity index (χ0n) is 13.5. The van der Waals surface area contributed by atoms with Crippen LogP contribution in [0.25, 0.3) is 0 Å². The molecule has 1 heterocycles. The number of benzene rings is 1. The van der Waals surface area contributed by atoms with Crippen molar-refractivity contribution in [1.82, 2.24) is 19.5 Å². The van der Waals surface area contributed by atoms with Crippen LogP contribution in [0.2, 0.25) is 5.02 Å². The van der Waals surface area contributed by atoms with Gasteiger partial charge in [-0.3, -0.25) is 0 Å². The minimum absolute atomic E-state index is 0.0682. The molecule has 6 nitrogen and oxygen atoms in total. The first-order chi connectivity index (χ1) is 11.7. The zero-order chi connectivity index (χ0) is 18.6. The Morgan fingerprint density at radius 2 is 1.92 bits per heavy atom. The van der Waals surface area contributed by atoms with Gasteiger partial charge in [-0.05, 0) is 38.1 Å². The van der Waals surface area contributed by atoms with Gasteiger partial charge in [-0.15, -0.1) is 10.2 Å². The van der Waals surface area contributed by atoms with Crippen molar-refractivity contribution in [2.24, 2.45) is 0 Å².